The van der Waals surface area contributed by atoms with Crippen LogP contribution in [-0.2, 0) is 14.3 Å². The Morgan fingerprint density at radius 3 is 2.67 bits per heavy atom. The van der Waals surface area contributed by atoms with Crippen LogP contribution >= 0.6 is 11.6 Å². The molecule has 0 saturated carbocycles. The lowest BCUT2D eigenvalue weighted by Gasteiger charge is -2.22. The fourth-order valence-electron chi connectivity index (χ4n) is 1.62. The molecule has 1 aromatic rings. The van der Waals surface area contributed by atoms with Gasteiger partial charge in [0, 0.05) is 24.4 Å². The van der Waals surface area contributed by atoms with E-state index < -0.39 is 17.4 Å². The molecule has 7 heteroatoms. The van der Waals surface area contributed by atoms with Crippen molar-refractivity contribution in [3.63, 3.8) is 0 Å². The Morgan fingerprint density at radius 2 is 2.05 bits per heavy atom. The van der Waals surface area contributed by atoms with Crippen LogP contribution in [0, 0.1) is 6.92 Å². The van der Waals surface area contributed by atoms with Gasteiger partial charge in [-0.25, -0.2) is 0 Å². The van der Waals surface area contributed by atoms with Crippen molar-refractivity contribution < 1.29 is 19.4 Å². The summed E-state index contributed by atoms with van der Waals surface area (Å²) in [5.41, 5.74) is 0.00894. The highest BCUT2D eigenvalue weighted by molar-refractivity contribution is 6.40. The Hall–Kier alpha value is -1.63. The summed E-state index contributed by atoms with van der Waals surface area (Å²) in [6.45, 7) is 3.23. The van der Waals surface area contributed by atoms with E-state index in [0.717, 1.165) is 5.56 Å². The van der Waals surface area contributed by atoms with Crippen LogP contribution in [0.25, 0.3) is 0 Å². The molecule has 116 valence electrons. The van der Waals surface area contributed by atoms with E-state index in [1.807, 2.05) is 0 Å². The molecule has 1 rings (SSSR count). The highest BCUT2D eigenvalue weighted by Gasteiger charge is 2.23. The first-order valence-corrected chi connectivity index (χ1v) is 6.69. The van der Waals surface area contributed by atoms with Crippen molar-refractivity contribution in [2.24, 2.45) is 0 Å². The molecule has 21 heavy (non-hydrogen) atoms. The average molecular weight is 315 g/mol. The third-order valence-electron chi connectivity index (χ3n) is 2.74. The van der Waals surface area contributed by atoms with Crippen molar-refractivity contribution >= 4 is 29.1 Å². The number of aryl methyl sites for hydroxylation is 1. The zero-order valence-corrected chi connectivity index (χ0v) is 13.0. The Balaban J connectivity index is 2.59. The van der Waals surface area contributed by atoms with E-state index in [0.29, 0.717) is 10.7 Å². The summed E-state index contributed by atoms with van der Waals surface area (Å²) in [6, 6.07) is 4.98. The summed E-state index contributed by atoms with van der Waals surface area (Å²) in [4.78, 5) is 23.5. The van der Waals surface area contributed by atoms with E-state index in [1.54, 1.807) is 25.1 Å². The van der Waals surface area contributed by atoms with Crippen LogP contribution < -0.4 is 10.6 Å². The van der Waals surface area contributed by atoms with Gasteiger partial charge in [0.1, 0.15) is 5.60 Å². The minimum atomic E-state index is -1.24. The maximum atomic E-state index is 11.8. The molecule has 0 aromatic heterocycles. The number of hydrogen-bond acceptors (Lipinski definition) is 4. The Kier molecular flexibility index (Phi) is 6.14. The highest BCUT2D eigenvalue weighted by Crippen LogP contribution is 2.19. The first-order chi connectivity index (χ1) is 9.75. The van der Waals surface area contributed by atoms with Gasteiger partial charge in [0.05, 0.1) is 6.61 Å². The fraction of sp³-hybridized carbons (Fsp3) is 0.429. The number of benzene rings is 1. The molecule has 6 nitrogen and oxygen atoms in total. The molecular formula is C14H19ClN2O4. The van der Waals surface area contributed by atoms with Crippen molar-refractivity contribution in [2.75, 3.05) is 25.6 Å². The molecule has 1 aromatic carbocycles. The van der Waals surface area contributed by atoms with E-state index in [1.165, 1.54) is 14.0 Å². The number of amides is 2. The summed E-state index contributed by atoms with van der Waals surface area (Å²) in [5, 5.41) is 15.1. The fourth-order valence-corrected chi connectivity index (χ4v) is 1.79. The van der Waals surface area contributed by atoms with Crippen molar-refractivity contribution in [3.8, 4) is 0 Å². The van der Waals surface area contributed by atoms with E-state index in [-0.39, 0.29) is 13.2 Å². The zero-order valence-electron chi connectivity index (χ0n) is 12.2. The molecule has 0 bridgehead atoms. The number of ether oxygens (including phenoxy) is 1. The van der Waals surface area contributed by atoms with Crippen molar-refractivity contribution in [2.45, 2.75) is 19.4 Å². The van der Waals surface area contributed by atoms with E-state index in [2.05, 4.69) is 10.6 Å². The number of carbonyl (C=O) groups is 2. The van der Waals surface area contributed by atoms with Crippen molar-refractivity contribution in [1.82, 2.24) is 5.32 Å². The molecule has 0 aliphatic rings. The lowest BCUT2D eigenvalue weighted by molar-refractivity contribution is -0.137. The molecule has 0 fully saturated rings. The molecule has 0 spiro atoms. The normalized spacial score (nSPS) is 13.4. The van der Waals surface area contributed by atoms with E-state index in [4.69, 9.17) is 16.3 Å². The topological polar surface area (TPSA) is 87.7 Å². The lowest BCUT2D eigenvalue weighted by atomic mass is 10.1. The largest absolute Gasteiger partial charge is 0.386 e. The number of methoxy groups -OCH3 is 1. The summed E-state index contributed by atoms with van der Waals surface area (Å²) < 4.78 is 4.81. The summed E-state index contributed by atoms with van der Waals surface area (Å²) >= 11 is 5.84. The second kappa shape index (κ2) is 7.40. The molecular weight excluding hydrogens is 296 g/mol. The van der Waals surface area contributed by atoms with Gasteiger partial charge in [-0.15, -0.1) is 0 Å². The molecule has 3 N–H and O–H groups in total. The van der Waals surface area contributed by atoms with Crippen LogP contribution in [0.2, 0.25) is 5.02 Å². The Bertz CT molecular complexity index is 532. The minimum absolute atomic E-state index is 0.0439. The van der Waals surface area contributed by atoms with Gasteiger partial charge < -0.3 is 20.5 Å². The molecule has 1 atom stereocenters. The van der Waals surface area contributed by atoms with Crippen molar-refractivity contribution in [3.05, 3.63) is 28.8 Å². The maximum Gasteiger partial charge on any atom is 0.313 e. The zero-order chi connectivity index (χ0) is 16.0. The summed E-state index contributed by atoms with van der Waals surface area (Å²) in [6.07, 6.45) is 0. The van der Waals surface area contributed by atoms with Gasteiger partial charge in [-0.05, 0) is 31.5 Å². The minimum Gasteiger partial charge on any atom is -0.386 e. The SMILES string of the molecule is COCC(C)(O)CNC(=O)C(=O)Nc1cc(Cl)ccc1C. The third kappa shape index (κ3) is 5.71. The maximum absolute atomic E-state index is 11.8. The number of anilines is 1. The van der Waals surface area contributed by atoms with Crippen LogP contribution in [0.3, 0.4) is 0 Å². The van der Waals surface area contributed by atoms with E-state index >= 15 is 0 Å². The first-order valence-electron chi connectivity index (χ1n) is 6.32. The van der Waals surface area contributed by atoms with Crippen LogP contribution in [0.5, 0.6) is 0 Å². The smallest absolute Gasteiger partial charge is 0.313 e. The average Bonchev–Trinajstić information content (AvgIpc) is 2.40. The van der Waals surface area contributed by atoms with Gasteiger partial charge in [0.2, 0.25) is 0 Å². The Morgan fingerprint density at radius 1 is 1.38 bits per heavy atom. The first kappa shape index (κ1) is 17.4. The second-order valence-electron chi connectivity index (χ2n) is 5.03. The van der Waals surface area contributed by atoms with Gasteiger partial charge in [-0.3, -0.25) is 9.59 Å². The quantitative estimate of drug-likeness (QED) is 0.710. The monoisotopic (exact) mass is 314 g/mol. The van der Waals surface area contributed by atoms with Gasteiger partial charge in [0.15, 0.2) is 0 Å². The number of aliphatic hydroxyl groups is 1. The predicted octanol–water partition coefficient (Wildman–Crippen LogP) is 1.10. The van der Waals surface area contributed by atoms with Crippen molar-refractivity contribution in [1.29, 1.82) is 0 Å². The Labute approximate surface area is 128 Å². The van der Waals surface area contributed by atoms with Crippen LogP contribution in [-0.4, -0.2) is 42.8 Å². The highest BCUT2D eigenvalue weighted by atomic mass is 35.5. The molecule has 0 aliphatic carbocycles. The van der Waals surface area contributed by atoms with Gasteiger partial charge in [0.25, 0.3) is 0 Å². The second-order valence-corrected chi connectivity index (χ2v) is 5.46. The molecule has 0 aliphatic heterocycles. The molecule has 0 radical (unpaired) electrons. The third-order valence-corrected chi connectivity index (χ3v) is 2.97. The standard InChI is InChI=1S/C14H19ClN2O4/c1-9-4-5-10(15)6-11(9)17-13(19)12(18)16-7-14(2,20)8-21-3/h4-6,20H,7-8H2,1-3H3,(H,16,18)(H,17,19). The number of rotatable bonds is 5. The van der Waals surface area contributed by atoms with Crippen LogP contribution in [0.1, 0.15) is 12.5 Å². The number of halogens is 1. The number of nitrogens with one attached hydrogen (secondary N) is 2. The van der Waals surface area contributed by atoms with Gasteiger partial charge in [-0.1, -0.05) is 17.7 Å². The summed E-state index contributed by atoms with van der Waals surface area (Å²) in [5.74, 6) is -1.67. The lowest BCUT2D eigenvalue weighted by Crippen LogP contribution is -2.46. The van der Waals surface area contributed by atoms with Gasteiger partial charge >= 0.3 is 11.8 Å². The molecule has 1 unspecified atom stereocenters. The molecule has 0 heterocycles. The predicted molar refractivity (Wildman–Crippen MR) is 80.3 cm³/mol. The van der Waals surface area contributed by atoms with Crippen LogP contribution in [0.15, 0.2) is 18.2 Å². The van der Waals surface area contributed by atoms with Gasteiger partial charge in [-0.2, -0.15) is 0 Å². The number of hydrogen-bond donors (Lipinski definition) is 3. The number of carbonyl (C=O) groups excluding carboxylic acids is 2. The van der Waals surface area contributed by atoms with Crippen LogP contribution in [0.4, 0.5) is 5.69 Å². The molecule has 2 amide bonds. The summed E-state index contributed by atoms with van der Waals surface area (Å²) in [7, 11) is 1.44. The van der Waals surface area contributed by atoms with E-state index in [9.17, 15) is 14.7 Å². The molecule has 0 saturated heterocycles.